The topological polar surface area (TPSA) is 81.2 Å². The number of benzene rings is 1. The molecule has 36 heavy (non-hydrogen) atoms. The van der Waals surface area contributed by atoms with Crippen LogP contribution < -0.4 is 0 Å². The molecule has 1 aromatic carbocycles. The minimum absolute atomic E-state index is 0.153. The molecule has 200 valence electrons. The highest BCUT2D eigenvalue weighted by molar-refractivity contribution is 5.83. The van der Waals surface area contributed by atoms with Crippen molar-refractivity contribution >= 4 is 17.9 Å². The second-order valence-corrected chi connectivity index (χ2v) is 10.2. The number of halogens is 6. The highest BCUT2D eigenvalue weighted by Gasteiger charge is 2.51. The number of carbonyl (C=O) groups excluding carboxylic acids is 2. The van der Waals surface area contributed by atoms with Gasteiger partial charge in [-0.1, -0.05) is 0 Å². The normalized spacial score (nSPS) is 20.9. The number of amides is 3. The van der Waals surface area contributed by atoms with E-state index in [2.05, 4.69) is 0 Å². The first-order valence-electron chi connectivity index (χ1n) is 11.3. The van der Waals surface area contributed by atoms with Crippen molar-refractivity contribution in [3.63, 3.8) is 0 Å². The maximum absolute atomic E-state index is 14.4. The Kier molecular flexibility index (Phi) is 7.52. The molecule has 3 amide bonds. The smallest absolute Gasteiger partial charge is 0.465 e. The molecule has 1 N–H and O–H groups in total. The Morgan fingerprint density at radius 2 is 1.67 bits per heavy atom. The number of rotatable bonds is 5. The zero-order valence-corrected chi connectivity index (χ0v) is 19.9. The highest BCUT2D eigenvalue weighted by atomic mass is 19.4. The first kappa shape index (κ1) is 27.6. The van der Waals surface area contributed by atoms with Crippen LogP contribution in [0.4, 0.5) is 31.1 Å². The van der Waals surface area contributed by atoms with Gasteiger partial charge in [-0.2, -0.15) is 13.2 Å². The first-order valence-corrected chi connectivity index (χ1v) is 11.3. The van der Waals surface area contributed by atoms with Crippen molar-refractivity contribution in [2.45, 2.75) is 63.8 Å². The Balaban J connectivity index is 1.85. The molecule has 2 aliphatic rings. The van der Waals surface area contributed by atoms with Gasteiger partial charge in [0.15, 0.2) is 11.6 Å². The van der Waals surface area contributed by atoms with Gasteiger partial charge in [0.1, 0.15) is 5.82 Å². The van der Waals surface area contributed by atoms with Crippen LogP contribution in [0.25, 0.3) is 0 Å². The Morgan fingerprint density at radius 3 is 2.22 bits per heavy atom. The molecule has 0 saturated carbocycles. The van der Waals surface area contributed by atoms with E-state index in [0.717, 1.165) is 4.90 Å². The summed E-state index contributed by atoms with van der Waals surface area (Å²) >= 11 is 0. The van der Waals surface area contributed by atoms with E-state index in [-0.39, 0.29) is 31.1 Å². The van der Waals surface area contributed by atoms with Crippen molar-refractivity contribution in [1.29, 1.82) is 0 Å². The van der Waals surface area contributed by atoms with E-state index < -0.39 is 72.0 Å². The summed E-state index contributed by atoms with van der Waals surface area (Å²) in [6.07, 6.45) is -7.02. The van der Waals surface area contributed by atoms with E-state index in [0.29, 0.717) is 23.5 Å². The fourth-order valence-corrected chi connectivity index (χ4v) is 5.15. The van der Waals surface area contributed by atoms with Gasteiger partial charge in [0.05, 0.1) is 6.04 Å². The lowest BCUT2D eigenvalue weighted by atomic mass is 9.95. The average Bonchev–Trinajstić information content (AvgIpc) is 3.29. The molecule has 2 fully saturated rings. The van der Waals surface area contributed by atoms with Crippen LogP contribution in [0.15, 0.2) is 12.1 Å². The van der Waals surface area contributed by atoms with E-state index in [1.54, 1.807) is 20.8 Å². The third kappa shape index (κ3) is 5.70. The standard InChI is InChI=1S/C23H27F6N3O4/c1-22(2,3)32(21(35)36)14(6-13-7-16(25)17(26)9-15(13)24)8-19(33)31-5-4-12-10-30(11-18(12)31)20(34)23(27,28)29/h7,9,12,14,18H,4-6,8,10-11H2,1-3H3,(H,35,36)/t12-,14+,18+/m0/s1. The van der Waals surface area contributed by atoms with Gasteiger partial charge in [-0.25, -0.2) is 18.0 Å². The maximum atomic E-state index is 14.4. The lowest BCUT2D eigenvalue weighted by Crippen LogP contribution is -2.54. The third-order valence-corrected chi connectivity index (χ3v) is 6.65. The van der Waals surface area contributed by atoms with Crippen molar-refractivity contribution in [3.8, 4) is 0 Å². The molecular formula is C23H27F6N3O4. The predicted molar refractivity (Wildman–Crippen MR) is 114 cm³/mol. The number of hydrogen-bond acceptors (Lipinski definition) is 3. The second-order valence-electron chi connectivity index (χ2n) is 10.2. The van der Waals surface area contributed by atoms with Gasteiger partial charge in [-0.3, -0.25) is 14.5 Å². The van der Waals surface area contributed by atoms with Crippen LogP contribution in [0.2, 0.25) is 0 Å². The number of nitrogens with zero attached hydrogens (tertiary/aromatic N) is 3. The summed E-state index contributed by atoms with van der Waals surface area (Å²) in [7, 11) is 0. The van der Waals surface area contributed by atoms with Gasteiger partial charge < -0.3 is 14.9 Å². The molecule has 2 aliphatic heterocycles. The van der Waals surface area contributed by atoms with Gasteiger partial charge in [0.25, 0.3) is 0 Å². The minimum atomic E-state index is -5.04. The van der Waals surface area contributed by atoms with Crippen LogP contribution in [-0.4, -0.2) is 81.1 Å². The number of carbonyl (C=O) groups is 3. The van der Waals surface area contributed by atoms with Gasteiger partial charge in [0.2, 0.25) is 5.91 Å². The van der Waals surface area contributed by atoms with Crippen LogP contribution in [-0.2, 0) is 16.0 Å². The highest BCUT2D eigenvalue weighted by Crippen LogP contribution is 2.35. The number of alkyl halides is 3. The van der Waals surface area contributed by atoms with Crippen LogP contribution in [0.5, 0.6) is 0 Å². The van der Waals surface area contributed by atoms with Crippen molar-refractivity contribution in [2.75, 3.05) is 19.6 Å². The Morgan fingerprint density at radius 1 is 1.06 bits per heavy atom. The monoisotopic (exact) mass is 523 g/mol. The Bertz CT molecular complexity index is 1040. The molecule has 0 aromatic heterocycles. The van der Waals surface area contributed by atoms with Crippen molar-refractivity contribution in [3.05, 3.63) is 35.1 Å². The summed E-state index contributed by atoms with van der Waals surface area (Å²) in [4.78, 5) is 39.9. The van der Waals surface area contributed by atoms with Crippen LogP contribution in [0.3, 0.4) is 0 Å². The zero-order chi connectivity index (χ0) is 27.2. The molecule has 2 saturated heterocycles. The zero-order valence-electron chi connectivity index (χ0n) is 19.9. The lowest BCUT2D eigenvalue weighted by Gasteiger charge is -2.40. The van der Waals surface area contributed by atoms with Crippen molar-refractivity contribution in [1.82, 2.24) is 14.7 Å². The summed E-state index contributed by atoms with van der Waals surface area (Å²) in [5.74, 6) is -6.80. The quantitative estimate of drug-likeness (QED) is 0.470. The molecule has 3 rings (SSSR count). The first-order chi connectivity index (χ1) is 16.5. The van der Waals surface area contributed by atoms with Crippen molar-refractivity contribution in [2.24, 2.45) is 5.92 Å². The number of likely N-dealkylation sites (tertiary alicyclic amines) is 2. The van der Waals surface area contributed by atoms with Gasteiger partial charge in [0, 0.05) is 49.6 Å². The Hall–Kier alpha value is -2.99. The number of hydrogen-bond donors (Lipinski definition) is 1. The molecule has 7 nitrogen and oxygen atoms in total. The van der Waals surface area contributed by atoms with E-state index in [1.807, 2.05) is 0 Å². The molecule has 0 unspecified atom stereocenters. The molecule has 0 aliphatic carbocycles. The van der Waals surface area contributed by atoms with Crippen LogP contribution in [0, 0.1) is 23.4 Å². The average molecular weight is 523 g/mol. The lowest BCUT2D eigenvalue weighted by molar-refractivity contribution is -0.184. The molecule has 0 radical (unpaired) electrons. The predicted octanol–water partition coefficient (Wildman–Crippen LogP) is 3.81. The molecule has 1 aromatic rings. The molecule has 2 heterocycles. The molecule has 3 atom stereocenters. The largest absolute Gasteiger partial charge is 0.471 e. The summed E-state index contributed by atoms with van der Waals surface area (Å²) in [6, 6.07) is -0.921. The summed E-state index contributed by atoms with van der Waals surface area (Å²) in [5.41, 5.74) is -1.40. The Labute approximate surface area is 203 Å². The second kappa shape index (κ2) is 9.81. The molecular weight excluding hydrogens is 496 g/mol. The summed E-state index contributed by atoms with van der Waals surface area (Å²) in [6.45, 7) is 4.38. The van der Waals surface area contributed by atoms with Crippen LogP contribution >= 0.6 is 0 Å². The van der Waals surface area contributed by atoms with E-state index in [4.69, 9.17) is 0 Å². The van der Waals surface area contributed by atoms with E-state index >= 15 is 0 Å². The van der Waals surface area contributed by atoms with E-state index in [1.165, 1.54) is 4.90 Å². The summed E-state index contributed by atoms with van der Waals surface area (Å²) in [5, 5.41) is 9.85. The van der Waals surface area contributed by atoms with Gasteiger partial charge >= 0.3 is 18.2 Å². The SMILES string of the molecule is CC(C)(C)N(C(=O)O)[C@@H](CC(=O)N1CC[C@H]2CN(C(=O)C(F)(F)F)C[C@H]21)Cc1cc(F)c(F)cc1F. The van der Waals surface area contributed by atoms with Crippen molar-refractivity contribution < 1.29 is 45.8 Å². The van der Waals surface area contributed by atoms with Gasteiger partial charge in [-0.05, 0) is 45.2 Å². The number of carboxylic acid groups (broad SMARTS) is 1. The van der Waals surface area contributed by atoms with Crippen LogP contribution in [0.1, 0.15) is 39.2 Å². The molecule has 0 bridgehead atoms. The molecule has 13 heteroatoms. The van der Waals surface area contributed by atoms with E-state index in [9.17, 15) is 45.8 Å². The molecule has 0 spiro atoms. The third-order valence-electron chi connectivity index (χ3n) is 6.65. The minimum Gasteiger partial charge on any atom is -0.465 e. The fraction of sp³-hybridized carbons (Fsp3) is 0.609. The fourth-order valence-electron chi connectivity index (χ4n) is 5.15. The summed E-state index contributed by atoms with van der Waals surface area (Å²) < 4.78 is 80.1. The van der Waals surface area contributed by atoms with Gasteiger partial charge in [-0.15, -0.1) is 0 Å². The number of fused-ring (bicyclic) bond motifs is 1. The maximum Gasteiger partial charge on any atom is 0.471 e.